The summed E-state index contributed by atoms with van der Waals surface area (Å²) in [5, 5.41) is 0. The molecule has 1 fully saturated rings. The maximum atomic E-state index is 6.42. The molecule has 0 N–H and O–H groups in total. The fourth-order valence-corrected chi connectivity index (χ4v) is 3.00. The first kappa shape index (κ1) is 16.0. The van der Waals surface area contributed by atoms with Gasteiger partial charge in [0, 0.05) is 6.61 Å². The fourth-order valence-electron chi connectivity index (χ4n) is 3.00. The smallest absolute Gasteiger partial charge is 0.0688 e. The van der Waals surface area contributed by atoms with Gasteiger partial charge in [0.25, 0.3) is 0 Å². The third kappa shape index (κ3) is 4.91. The van der Waals surface area contributed by atoms with E-state index < -0.39 is 0 Å². The first-order valence-corrected chi connectivity index (χ1v) is 7.92. The molecule has 0 amide bonds. The predicted octanol–water partition coefficient (Wildman–Crippen LogP) is 5.43. The molecule has 0 heterocycles. The molecule has 0 radical (unpaired) electrons. The van der Waals surface area contributed by atoms with Crippen LogP contribution in [0.3, 0.4) is 0 Å². The maximum absolute atomic E-state index is 6.42. The topological polar surface area (TPSA) is 9.23 Å². The molecule has 1 aliphatic rings. The van der Waals surface area contributed by atoms with Crippen molar-refractivity contribution in [2.45, 2.75) is 85.7 Å². The Bertz CT molecular complexity index is 234. The van der Waals surface area contributed by atoms with Gasteiger partial charge in [0.15, 0.2) is 0 Å². The second-order valence-electron chi connectivity index (χ2n) is 7.76. The molecule has 0 atom stereocenters. The van der Waals surface area contributed by atoms with Crippen LogP contribution in [-0.4, -0.2) is 12.2 Å². The Kier molecular flexibility index (Phi) is 5.70. The Morgan fingerprint density at radius 1 is 1.22 bits per heavy atom. The molecule has 108 valence electrons. The molecule has 18 heavy (non-hydrogen) atoms. The second-order valence-corrected chi connectivity index (χ2v) is 7.76. The zero-order chi connectivity index (χ0) is 13.8. The molecule has 0 bridgehead atoms. The first-order chi connectivity index (χ1) is 8.29. The van der Waals surface area contributed by atoms with Crippen LogP contribution in [0.2, 0.25) is 0 Å². The van der Waals surface area contributed by atoms with E-state index >= 15 is 0 Å². The van der Waals surface area contributed by atoms with Crippen LogP contribution in [0.1, 0.15) is 80.1 Å². The SMILES string of the molecule is CCC(C)(C)CC1(OCC(C)C)CCC(C)CC1. The van der Waals surface area contributed by atoms with E-state index in [2.05, 4.69) is 41.5 Å². The normalized spacial score (nSPS) is 29.8. The highest BCUT2D eigenvalue weighted by Crippen LogP contribution is 2.43. The van der Waals surface area contributed by atoms with Crippen molar-refractivity contribution in [3.63, 3.8) is 0 Å². The van der Waals surface area contributed by atoms with Crippen LogP contribution >= 0.6 is 0 Å². The molecule has 1 nitrogen and oxygen atoms in total. The number of hydrogen-bond donors (Lipinski definition) is 0. The molecule has 0 aromatic carbocycles. The van der Waals surface area contributed by atoms with Crippen LogP contribution in [0.5, 0.6) is 0 Å². The van der Waals surface area contributed by atoms with E-state index in [1.807, 2.05) is 0 Å². The molecule has 0 aliphatic heterocycles. The van der Waals surface area contributed by atoms with E-state index in [0.717, 1.165) is 12.5 Å². The van der Waals surface area contributed by atoms with Crippen molar-refractivity contribution in [3.05, 3.63) is 0 Å². The van der Waals surface area contributed by atoms with Gasteiger partial charge in [0.2, 0.25) is 0 Å². The van der Waals surface area contributed by atoms with E-state index in [9.17, 15) is 0 Å². The maximum Gasteiger partial charge on any atom is 0.0688 e. The van der Waals surface area contributed by atoms with Gasteiger partial charge in [-0.05, 0) is 49.4 Å². The van der Waals surface area contributed by atoms with Gasteiger partial charge in [-0.1, -0.05) is 48.0 Å². The summed E-state index contributed by atoms with van der Waals surface area (Å²) in [6.45, 7) is 14.9. The predicted molar refractivity (Wildman–Crippen MR) is 79.8 cm³/mol. The highest BCUT2D eigenvalue weighted by atomic mass is 16.5. The van der Waals surface area contributed by atoms with E-state index in [1.54, 1.807) is 0 Å². The monoisotopic (exact) mass is 254 g/mol. The highest BCUT2D eigenvalue weighted by Gasteiger charge is 2.39. The second kappa shape index (κ2) is 6.41. The van der Waals surface area contributed by atoms with Gasteiger partial charge in [-0.3, -0.25) is 0 Å². The third-order valence-corrected chi connectivity index (χ3v) is 4.67. The van der Waals surface area contributed by atoms with Crippen LogP contribution < -0.4 is 0 Å². The largest absolute Gasteiger partial charge is 0.375 e. The van der Waals surface area contributed by atoms with Gasteiger partial charge in [0.1, 0.15) is 0 Å². The minimum absolute atomic E-state index is 0.177. The zero-order valence-electron chi connectivity index (χ0n) is 13.5. The Balaban J connectivity index is 2.68. The Morgan fingerprint density at radius 2 is 1.78 bits per heavy atom. The molecule has 0 spiro atoms. The van der Waals surface area contributed by atoms with Crippen molar-refractivity contribution >= 4 is 0 Å². The molecule has 1 aliphatic carbocycles. The lowest BCUT2D eigenvalue weighted by Gasteiger charge is -2.44. The summed E-state index contributed by atoms with van der Waals surface area (Å²) in [7, 11) is 0. The van der Waals surface area contributed by atoms with Crippen LogP contribution in [0.25, 0.3) is 0 Å². The van der Waals surface area contributed by atoms with Crippen molar-refractivity contribution in [2.75, 3.05) is 6.61 Å². The average molecular weight is 254 g/mol. The summed E-state index contributed by atoms with van der Waals surface area (Å²) in [6, 6.07) is 0. The van der Waals surface area contributed by atoms with Crippen LogP contribution in [0.4, 0.5) is 0 Å². The zero-order valence-corrected chi connectivity index (χ0v) is 13.5. The van der Waals surface area contributed by atoms with Gasteiger partial charge in [-0.25, -0.2) is 0 Å². The van der Waals surface area contributed by atoms with Crippen LogP contribution in [0, 0.1) is 17.3 Å². The standard InChI is InChI=1S/C17H34O/c1-7-16(5,6)13-17(18-12-14(2)3)10-8-15(4)9-11-17/h14-15H,7-13H2,1-6H3. The van der Waals surface area contributed by atoms with Gasteiger partial charge >= 0.3 is 0 Å². The lowest BCUT2D eigenvalue weighted by atomic mass is 9.70. The lowest BCUT2D eigenvalue weighted by molar-refractivity contribution is -0.109. The molecule has 1 rings (SSSR count). The lowest BCUT2D eigenvalue weighted by Crippen LogP contribution is -2.41. The van der Waals surface area contributed by atoms with Gasteiger partial charge in [-0.2, -0.15) is 0 Å². The van der Waals surface area contributed by atoms with Crippen molar-refractivity contribution in [2.24, 2.45) is 17.3 Å². The summed E-state index contributed by atoms with van der Waals surface area (Å²) < 4.78 is 6.42. The van der Waals surface area contributed by atoms with E-state index in [0.29, 0.717) is 11.3 Å². The summed E-state index contributed by atoms with van der Waals surface area (Å²) in [6.07, 6.45) is 7.70. The van der Waals surface area contributed by atoms with Crippen molar-refractivity contribution in [1.82, 2.24) is 0 Å². The first-order valence-electron chi connectivity index (χ1n) is 7.92. The third-order valence-electron chi connectivity index (χ3n) is 4.67. The molecule has 0 saturated heterocycles. The molecule has 0 aromatic rings. The van der Waals surface area contributed by atoms with E-state index in [1.165, 1.54) is 38.5 Å². The highest BCUT2D eigenvalue weighted by molar-refractivity contribution is 4.91. The van der Waals surface area contributed by atoms with Crippen molar-refractivity contribution in [3.8, 4) is 0 Å². The molecule has 0 aromatic heterocycles. The summed E-state index contributed by atoms with van der Waals surface area (Å²) >= 11 is 0. The molecule has 1 saturated carbocycles. The molecule has 1 heteroatoms. The summed E-state index contributed by atoms with van der Waals surface area (Å²) in [5.41, 5.74) is 0.591. The Hall–Kier alpha value is -0.0400. The quantitative estimate of drug-likeness (QED) is 0.613. The van der Waals surface area contributed by atoms with Gasteiger partial charge in [0.05, 0.1) is 5.60 Å². The number of rotatable bonds is 6. The van der Waals surface area contributed by atoms with E-state index in [-0.39, 0.29) is 5.60 Å². The molecule has 0 unspecified atom stereocenters. The minimum atomic E-state index is 0.177. The van der Waals surface area contributed by atoms with Gasteiger partial charge in [-0.15, -0.1) is 0 Å². The number of ether oxygens (including phenoxy) is 1. The van der Waals surface area contributed by atoms with Crippen molar-refractivity contribution in [1.29, 1.82) is 0 Å². The van der Waals surface area contributed by atoms with Crippen molar-refractivity contribution < 1.29 is 4.74 Å². The average Bonchev–Trinajstić information content (AvgIpc) is 2.30. The minimum Gasteiger partial charge on any atom is -0.375 e. The van der Waals surface area contributed by atoms with Crippen LogP contribution in [0.15, 0.2) is 0 Å². The molecular weight excluding hydrogens is 220 g/mol. The Morgan fingerprint density at radius 3 is 2.22 bits per heavy atom. The fraction of sp³-hybridized carbons (Fsp3) is 1.00. The number of hydrogen-bond acceptors (Lipinski definition) is 1. The van der Waals surface area contributed by atoms with Crippen LogP contribution in [-0.2, 0) is 4.74 Å². The molecular formula is C17H34O. The van der Waals surface area contributed by atoms with E-state index in [4.69, 9.17) is 4.74 Å². The van der Waals surface area contributed by atoms with Gasteiger partial charge < -0.3 is 4.74 Å². The Labute approximate surface area is 115 Å². The summed E-state index contributed by atoms with van der Waals surface area (Å²) in [5.74, 6) is 1.54. The summed E-state index contributed by atoms with van der Waals surface area (Å²) in [4.78, 5) is 0.